The number of carbonyl (C=O) groups is 2. The first-order valence-corrected chi connectivity index (χ1v) is 12.2. The molecule has 0 heterocycles. The third-order valence-electron chi connectivity index (χ3n) is 4.87. The maximum Gasteiger partial charge on any atom is 0.310 e. The van der Waals surface area contributed by atoms with Crippen molar-refractivity contribution in [2.45, 2.75) is 129 Å². The first-order chi connectivity index (χ1) is 14.6. The van der Waals surface area contributed by atoms with Gasteiger partial charge in [0.05, 0.1) is 12.5 Å². The highest BCUT2D eigenvalue weighted by atomic mass is 16.5. The zero-order chi connectivity index (χ0) is 22.7. The summed E-state index contributed by atoms with van der Waals surface area (Å²) in [5.41, 5.74) is 0. The third-order valence-corrected chi connectivity index (χ3v) is 4.87. The van der Waals surface area contributed by atoms with Crippen LogP contribution in [0.3, 0.4) is 0 Å². The fourth-order valence-electron chi connectivity index (χ4n) is 3.15. The summed E-state index contributed by atoms with van der Waals surface area (Å²) >= 11 is 0. The van der Waals surface area contributed by atoms with E-state index in [1.807, 2.05) is 6.92 Å². The van der Waals surface area contributed by atoms with Crippen LogP contribution in [-0.2, 0) is 19.1 Å². The van der Waals surface area contributed by atoms with E-state index in [0.29, 0.717) is 12.8 Å². The monoisotopic (exact) mass is 424 g/mol. The second-order valence-corrected chi connectivity index (χ2v) is 7.76. The van der Waals surface area contributed by atoms with Crippen LogP contribution < -0.4 is 0 Å². The van der Waals surface area contributed by atoms with E-state index in [-0.39, 0.29) is 11.9 Å². The zero-order valence-corrected chi connectivity index (χ0v) is 19.9. The van der Waals surface area contributed by atoms with Gasteiger partial charge in [-0.05, 0) is 12.8 Å². The fraction of sp³-hybridized carbons (Fsp3) is 0.769. The summed E-state index contributed by atoms with van der Waals surface area (Å²) in [4.78, 5) is 21.4. The Bertz CT molecular complexity index is 404. The molecule has 30 heavy (non-hydrogen) atoms. The minimum Gasteiger partial charge on any atom is -0.435 e. The normalized spacial score (nSPS) is 9.93. The van der Waals surface area contributed by atoms with Gasteiger partial charge >= 0.3 is 11.9 Å². The van der Waals surface area contributed by atoms with Gasteiger partial charge in [-0.25, -0.2) is 0 Å². The number of rotatable bonds is 20. The van der Waals surface area contributed by atoms with Crippen LogP contribution in [0.2, 0.25) is 0 Å². The highest BCUT2D eigenvalue weighted by molar-refractivity contribution is 5.70. The molecule has 0 N–H and O–H groups in total. The average molecular weight is 425 g/mol. The maximum absolute atomic E-state index is 11.1. The Morgan fingerprint density at radius 2 is 0.867 bits per heavy atom. The molecule has 0 atom stereocenters. The van der Waals surface area contributed by atoms with Crippen LogP contribution >= 0.6 is 0 Å². The number of carbonyl (C=O) groups excluding carboxylic acids is 2. The van der Waals surface area contributed by atoms with Crippen LogP contribution in [0.4, 0.5) is 0 Å². The minimum atomic E-state index is -0.206. The molecule has 0 saturated heterocycles. The van der Waals surface area contributed by atoms with Crippen LogP contribution in [-0.4, -0.2) is 11.9 Å². The quantitative estimate of drug-likeness (QED) is 0.112. The number of hydrogen-bond donors (Lipinski definition) is 0. The lowest BCUT2D eigenvalue weighted by Crippen LogP contribution is -1.98. The van der Waals surface area contributed by atoms with Crippen molar-refractivity contribution < 1.29 is 19.1 Å². The lowest BCUT2D eigenvalue weighted by Gasteiger charge is -2.03. The number of unbranched alkanes of at least 4 members (excludes halogenated alkanes) is 14. The van der Waals surface area contributed by atoms with Gasteiger partial charge in [-0.1, -0.05) is 117 Å². The van der Waals surface area contributed by atoms with Crippen LogP contribution in [0.25, 0.3) is 0 Å². The second kappa shape index (κ2) is 27.4. The Morgan fingerprint density at radius 3 is 1.20 bits per heavy atom. The summed E-state index contributed by atoms with van der Waals surface area (Å²) in [6.45, 7) is 10.8. The lowest BCUT2D eigenvalue weighted by molar-refractivity contribution is -0.139. The SMILES string of the molecule is C=COC(=O)CCC.C=COC(=O)CCCCCCCCCCCCCCCCC. The van der Waals surface area contributed by atoms with Crippen molar-refractivity contribution >= 4 is 11.9 Å². The zero-order valence-electron chi connectivity index (χ0n) is 19.9. The molecule has 0 amide bonds. The van der Waals surface area contributed by atoms with Crippen molar-refractivity contribution in [2.24, 2.45) is 0 Å². The average Bonchev–Trinajstić information content (AvgIpc) is 2.72. The van der Waals surface area contributed by atoms with E-state index < -0.39 is 0 Å². The predicted octanol–water partition coefficient (Wildman–Crippen LogP) is 8.41. The molecule has 0 aromatic heterocycles. The van der Waals surface area contributed by atoms with Crippen LogP contribution in [0.15, 0.2) is 25.7 Å². The molecule has 0 fully saturated rings. The van der Waals surface area contributed by atoms with Crippen molar-refractivity contribution in [1.82, 2.24) is 0 Å². The van der Waals surface area contributed by atoms with Gasteiger partial charge in [-0.15, -0.1) is 0 Å². The minimum absolute atomic E-state index is 0.148. The van der Waals surface area contributed by atoms with Gasteiger partial charge in [0, 0.05) is 12.8 Å². The fourth-order valence-corrected chi connectivity index (χ4v) is 3.15. The summed E-state index contributed by atoms with van der Waals surface area (Å²) in [5, 5.41) is 0. The number of hydrogen-bond acceptors (Lipinski definition) is 4. The molecule has 0 radical (unpaired) electrons. The van der Waals surface area contributed by atoms with Gasteiger partial charge in [0.25, 0.3) is 0 Å². The van der Waals surface area contributed by atoms with Gasteiger partial charge in [-0.2, -0.15) is 0 Å². The van der Waals surface area contributed by atoms with Gasteiger partial charge < -0.3 is 9.47 Å². The highest BCUT2D eigenvalue weighted by Crippen LogP contribution is 2.13. The molecule has 176 valence electrons. The topological polar surface area (TPSA) is 52.6 Å². The van der Waals surface area contributed by atoms with E-state index in [0.717, 1.165) is 25.5 Å². The summed E-state index contributed by atoms with van der Waals surface area (Å²) in [5.74, 6) is -0.354. The molecule has 0 aliphatic carbocycles. The Morgan fingerprint density at radius 1 is 0.533 bits per heavy atom. The molecular weight excluding hydrogens is 376 g/mol. The van der Waals surface area contributed by atoms with Crippen molar-refractivity contribution in [3.63, 3.8) is 0 Å². The van der Waals surface area contributed by atoms with E-state index in [1.165, 1.54) is 89.7 Å². The molecular formula is C26H48O4. The Balaban J connectivity index is 0. The van der Waals surface area contributed by atoms with Crippen LogP contribution in [0.1, 0.15) is 129 Å². The smallest absolute Gasteiger partial charge is 0.310 e. The molecule has 4 nitrogen and oxygen atoms in total. The summed E-state index contributed by atoms with van der Waals surface area (Å²) in [6, 6.07) is 0. The summed E-state index contributed by atoms with van der Waals surface area (Å²) < 4.78 is 9.09. The molecule has 0 saturated carbocycles. The highest BCUT2D eigenvalue weighted by Gasteiger charge is 2.00. The van der Waals surface area contributed by atoms with E-state index in [4.69, 9.17) is 0 Å². The number of esters is 2. The largest absolute Gasteiger partial charge is 0.435 e. The van der Waals surface area contributed by atoms with E-state index in [2.05, 4.69) is 29.6 Å². The molecule has 0 unspecified atom stereocenters. The van der Waals surface area contributed by atoms with Crippen molar-refractivity contribution in [3.8, 4) is 0 Å². The molecule has 0 bridgehead atoms. The molecule has 0 aliphatic heterocycles. The summed E-state index contributed by atoms with van der Waals surface area (Å²) in [7, 11) is 0. The van der Waals surface area contributed by atoms with Crippen LogP contribution in [0, 0.1) is 0 Å². The lowest BCUT2D eigenvalue weighted by atomic mass is 10.0. The summed E-state index contributed by atoms with van der Waals surface area (Å²) in [6.07, 6.45) is 24.3. The van der Waals surface area contributed by atoms with Gasteiger partial charge in [0.2, 0.25) is 0 Å². The van der Waals surface area contributed by atoms with Crippen LogP contribution in [0.5, 0.6) is 0 Å². The van der Waals surface area contributed by atoms with Crippen molar-refractivity contribution in [3.05, 3.63) is 25.7 Å². The van der Waals surface area contributed by atoms with Gasteiger partial charge in [0.15, 0.2) is 0 Å². The van der Waals surface area contributed by atoms with E-state index in [9.17, 15) is 9.59 Å². The Kier molecular flexibility index (Phi) is 28.0. The number of ether oxygens (including phenoxy) is 2. The Hall–Kier alpha value is -1.58. The molecule has 0 aromatic rings. The Labute approximate surface area is 186 Å². The van der Waals surface area contributed by atoms with Gasteiger partial charge in [0.1, 0.15) is 0 Å². The molecule has 0 rings (SSSR count). The van der Waals surface area contributed by atoms with Crippen molar-refractivity contribution in [2.75, 3.05) is 0 Å². The molecule has 0 spiro atoms. The van der Waals surface area contributed by atoms with Gasteiger partial charge in [-0.3, -0.25) is 9.59 Å². The molecule has 0 aromatic carbocycles. The molecule has 0 aliphatic rings. The first-order valence-electron chi connectivity index (χ1n) is 12.2. The third kappa shape index (κ3) is 28.6. The maximum atomic E-state index is 11.1. The first kappa shape index (κ1) is 30.6. The van der Waals surface area contributed by atoms with E-state index in [1.54, 1.807) is 0 Å². The second-order valence-electron chi connectivity index (χ2n) is 7.76. The standard InChI is InChI=1S/C20H38O2.C6H10O2/c1-3-5-6-7-8-9-10-11-12-13-14-15-16-17-18-19-20(21)22-4-2;1-3-5-6(7)8-4-2/h4H,2-3,5-19H2,1H3;4H,2-3,5H2,1H3. The predicted molar refractivity (Wildman–Crippen MR) is 127 cm³/mol. The van der Waals surface area contributed by atoms with Crippen molar-refractivity contribution in [1.29, 1.82) is 0 Å². The van der Waals surface area contributed by atoms with E-state index >= 15 is 0 Å². The molecule has 4 heteroatoms.